The Balaban J connectivity index is 1.50. The van der Waals surface area contributed by atoms with Crippen molar-refractivity contribution < 1.29 is 19.1 Å². The Morgan fingerprint density at radius 3 is 1.32 bits per heavy atom. The van der Waals surface area contributed by atoms with E-state index in [1.54, 1.807) is 0 Å². The van der Waals surface area contributed by atoms with Gasteiger partial charge in [0.25, 0.3) is 0 Å². The van der Waals surface area contributed by atoms with Crippen LogP contribution in [0.15, 0.2) is 48.5 Å². The smallest absolute Gasteiger partial charge is 0.224 e. The van der Waals surface area contributed by atoms with Crippen molar-refractivity contribution in [1.29, 1.82) is 0 Å². The van der Waals surface area contributed by atoms with Gasteiger partial charge >= 0.3 is 0 Å². The summed E-state index contributed by atoms with van der Waals surface area (Å²) in [5.41, 5.74) is 1.57. The molecule has 0 saturated carbocycles. The maximum atomic E-state index is 12.0. The first kappa shape index (κ1) is 24.3. The molecule has 0 heterocycles. The molecule has 0 aliphatic carbocycles. The summed E-state index contributed by atoms with van der Waals surface area (Å²) in [4.78, 5) is 24.1. The number of carbonyl (C=O) groups excluding carboxylic acids is 2. The van der Waals surface area contributed by atoms with E-state index in [2.05, 4.69) is 10.6 Å². The van der Waals surface area contributed by atoms with Gasteiger partial charge in [0, 0.05) is 24.2 Å². The molecule has 0 aliphatic heterocycles. The monoisotopic (exact) mass is 426 g/mol. The third kappa shape index (κ3) is 10.0. The molecule has 0 aromatic heterocycles. The molecule has 2 aromatic rings. The van der Waals surface area contributed by atoms with Crippen LogP contribution in [0, 0.1) is 0 Å². The number of unbranched alkanes of at least 4 members (excludes halogenated alkanes) is 4. The molecule has 168 valence electrons. The summed E-state index contributed by atoms with van der Waals surface area (Å²) in [6, 6.07) is 14.8. The van der Waals surface area contributed by atoms with Crippen LogP contribution < -0.4 is 20.1 Å². The molecule has 0 atom stereocenters. The first-order chi connectivity index (χ1) is 15.1. The maximum Gasteiger partial charge on any atom is 0.224 e. The second kappa shape index (κ2) is 14.1. The van der Waals surface area contributed by atoms with Crippen LogP contribution in [-0.4, -0.2) is 25.0 Å². The molecule has 0 radical (unpaired) electrons. The predicted octanol–water partition coefficient (Wildman–Crippen LogP) is 5.79. The fourth-order valence-electron chi connectivity index (χ4n) is 3.15. The molecule has 6 heteroatoms. The lowest BCUT2D eigenvalue weighted by Crippen LogP contribution is -2.11. The van der Waals surface area contributed by atoms with Gasteiger partial charge in [0.05, 0.1) is 13.2 Å². The molecule has 0 bridgehead atoms. The second-order valence-corrected chi connectivity index (χ2v) is 7.28. The quantitative estimate of drug-likeness (QED) is 0.375. The number of hydrogen-bond acceptors (Lipinski definition) is 4. The Kier molecular flexibility index (Phi) is 11.0. The van der Waals surface area contributed by atoms with Gasteiger partial charge in [-0.1, -0.05) is 19.3 Å². The molecule has 0 aliphatic rings. The minimum atomic E-state index is 0.0268. The minimum Gasteiger partial charge on any atom is -0.494 e. The molecular formula is C25H34N2O4. The van der Waals surface area contributed by atoms with Gasteiger partial charge in [-0.05, 0) is 75.2 Å². The summed E-state index contributed by atoms with van der Waals surface area (Å²) in [7, 11) is 0. The number of anilines is 2. The van der Waals surface area contributed by atoms with Gasteiger partial charge in [-0.3, -0.25) is 9.59 Å². The fraction of sp³-hybridized carbons (Fsp3) is 0.440. The van der Waals surface area contributed by atoms with Gasteiger partial charge in [0.2, 0.25) is 11.8 Å². The summed E-state index contributed by atoms with van der Waals surface area (Å²) in [6.45, 7) is 5.13. The average molecular weight is 427 g/mol. The third-order valence-corrected chi connectivity index (χ3v) is 4.71. The molecule has 0 unspecified atom stereocenters. The zero-order valence-electron chi connectivity index (χ0n) is 18.6. The molecule has 0 spiro atoms. The molecule has 6 nitrogen and oxygen atoms in total. The van der Waals surface area contributed by atoms with E-state index in [4.69, 9.17) is 9.47 Å². The first-order valence-corrected chi connectivity index (χ1v) is 11.2. The molecule has 0 fully saturated rings. The van der Waals surface area contributed by atoms with Crippen molar-refractivity contribution in [3.05, 3.63) is 48.5 Å². The number of carbonyl (C=O) groups is 2. The van der Waals surface area contributed by atoms with Crippen molar-refractivity contribution in [2.75, 3.05) is 23.8 Å². The number of hydrogen-bond donors (Lipinski definition) is 2. The van der Waals surface area contributed by atoms with Gasteiger partial charge in [-0.2, -0.15) is 0 Å². The summed E-state index contributed by atoms with van der Waals surface area (Å²) in [5.74, 6) is 1.65. The average Bonchev–Trinajstić information content (AvgIpc) is 2.76. The van der Waals surface area contributed by atoms with Crippen molar-refractivity contribution in [2.24, 2.45) is 0 Å². The van der Waals surface area contributed by atoms with Crippen LogP contribution >= 0.6 is 0 Å². The van der Waals surface area contributed by atoms with E-state index in [0.717, 1.165) is 55.0 Å². The van der Waals surface area contributed by atoms with Crippen molar-refractivity contribution in [3.8, 4) is 11.5 Å². The van der Waals surface area contributed by atoms with Gasteiger partial charge in [-0.15, -0.1) is 0 Å². The molecule has 31 heavy (non-hydrogen) atoms. The van der Waals surface area contributed by atoms with E-state index in [9.17, 15) is 9.59 Å². The highest BCUT2D eigenvalue weighted by Gasteiger charge is 2.05. The van der Waals surface area contributed by atoms with E-state index in [0.29, 0.717) is 26.1 Å². The zero-order chi connectivity index (χ0) is 22.3. The van der Waals surface area contributed by atoms with Crippen LogP contribution in [0.5, 0.6) is 11.5 Å². The van der Waals surface area contributed by atoms with Crippen LogP contribution in [0.1, 0.15) is 58.8 Å². The van der Waals surface area contributed by atoms with Gasteiger partial charge in [-0.25, -0.2) is 0 Å². The second-order valence-electron chi connectivity index (χ2n) is 7.28. The van der Waals surface area contributed by atoms with Crippen molar-refractivity contribution in [1.82, 2.24) is 0 Å². The van der Waals surface area contributed by atoms with Crippen molar-refractivity contribution >= 4 is 23.2 Å². The predicted molar refractivity (Wildman–Crippen MR) is 125 cm³/mol. The summed E-state index contributed by atoms with van der Waals surface area (Å²) in [5, 5.41) is 5.81. The lowest BCUT2D eigenvalue weighted by atomic mass is 10.1. The number of benzene rings is 2. The molecule has 2 N–H and O–H groups in total. The van der Waals surface area contributed by atoms with Gasteiger partial charge < -0.3 is 20.1 Å². The fourth-order valence-corrected chi connectivity index (χ4v) is 3.15. The van der Waals surface area contributed by atoms with E-state index < -0.39 is 0 Å². The summed E-state index contributed by atoms with van der Waals surface area (Å²) >= 11 is 0. The summed E-state index contributed by atoms with van der Waals surface area (Å²) < 4.78 is 10.8. The Labute approximate surface area is 185 Å². The van der Waals surface area contributed by atoms with E-state index in [1.165, 1.54) is 0 Å². The number of amides is 2. The van der Waals surface area contributed by atoms with E-state index >= 15 is 0 Å². The molecule has 2 aromatic carbocycles. The van der Waals surface area contributed by atoms with Crippen LogP contribution in [0.3, 0.4) is 0 Å². The highest BCUT2D eigenvalue weighted by atomic mass is 16.5. The lowest BCUT2D eigenvalue weighted by Gasteiger charge is -2.08. The molecular weight excluding hydrogens is 392 g/mol. The van der Waals surface area contributed by atoms with Crippen LogP contribution in [-0.2, 0) is 9.59 Å². The Hall–Kier alpha value is -3.02. The van der Waals surface area contributed by atoms with E-state index in [1.807, 2.05) is 62.4 Å². The molecule has 0 saturated heterocycles. The Morgan fingerprint density at radius 2 is 0.968 bits per heavy atom. The zero-order valence-corrected chi connectivity index (χ0v) is 18.6. The normalized spacial score (nSPS) is 10.4. The van der Waals surface area contributed by atoms with Crippen LogP contribution in [0.4, 0.5) is 11.4 Å². The topological polar surface area (TPSA) is 76.7 Å². The Bertz CT molecular complexity index is 721. The SMILES string of the molecule is CCOc1ccc(NC(=O)CCCCCCCC(=O)Nc2ccc(OCC)cc2)cc1. The van der Waals surface area contributed by atoms with Crippen LogP contribution in [0.2, 0.25) is 0 Å². The maximum absolute atomic E-state index is 12.0. The highest BCUT2D eigenvalue weighted by molar-refractivity contribution is 5.91. The number of nitrogens with one attached hydrogen (secondary N) is 2. The third-order valence-electron chi connectivity index (χ3n) is 4.71. The summed E-state index contributed by atoms with van der Waals surface area (Å²) in [6.07, 6.45) is 5.69. The number of ether oxygens (including phenoxy) is 2. The largest absolute Gasteiger partial charge is 0.494 e. The van der Waals surface area contributed by atoms with E-state index in [-0.39, 0.29) is 11.8 Å². The lowest BCUT2D eigenvalue weighted by molar-refractivity contribution is -0.117. The first-order valence-electron chi connectivity index (χ1n) is 11.2. The molecule has 2 rings (SSSR count). The number of rotatable bonds is 14. The van der Waals surface area contributed by atoms with Crippen molar-refractivity contribution in [2.45, 2.75) is 58.8 Å². The highest BCUT2D eigenvalue weighted by Crippen LogP contribution is 2.17. The minimum absolute atomic E-state index is 0.0268. The van der Waals surface area contributed by atoms with Gasteiger partial charge in [0.1, 0.15) is 11.5 Å². The van der Waals surface area contributed by atoms with Gasteiger partial charge in [0.15, 0.2) is 0 Å². The van der Waals surface area contributed by atoms with Crippen molar-refractivity contribution in [3.63, 3.8) is 0 Å². The Morgan fingerprint density at radius 1 is 0.613 bits per heavy atom. The van der Waals surface area contributed by atoms with Crippen LogP contribution in [0.25, 0.3) is 0 Å². The standard InChI is InChI=1S/C25H34N2O4/c1-3-30-22-16-12-20(13-17-22)26-24(28)10-8-6-5-7-9-11-25(29)27-21-14-18-23(19-15-21)31-4-2/h12-19H,3-11H2,1-2H3,(H,26,28)(H,27,29). The molecule has 2 amide bonds.